The molecule has 16 heavy (non-hydrogen) atoms. The van der Waals surface area contributed by atoms with Gasteiger partial charge in [-0.3, -0.25) is 0 Å². The summed E-state index contributed by atoms with van der Waals surface area (Å²) in [7, 11) is 0. The SMILES string of the molecule is Cc1ccc(-c2noc([C@H](C)N)n2)cc1C. The van der Waals surface area contributed by atoms with Gasteiger partial charge in [-0.2, -0.15) is 4.98 Å². The molecule has 0 saturated carbocycles. The van der Waals surface area contributed by atoms with Crippen molar-refractivity contribution in [3.05, 3.63) is 35.2 Å². The van der Waals surface area contributed by atoms with E-state index in [4.69, 9.17) is 10.3 Å². The minimum atomic E-state index is -0.229. The van der Waals surface area contributed by atoms with Crippen LogP contribution in [-0.4, -0.2) is 10.1 Å². The van der Waals surface area contributed by atoms with Gasteiger partial charge in [0, 0.05) is 5.56 Å². The lowest BCUT2D eigenvalue weighted by Crippen LogP contribution is -2.04. The molecule has 1 heterocycles. The number of hydrogen-bond donors (Lipinski definition) is 1. The molecule has 2 rings (SSSR count). The van der Waals surface area contributed by atoms with Crippen LogP contribution in [0.3, 0.4) is 0 Å². The van der Waals surface area contributed by atoms with E-state index in [1.165, 1.54) is 11.1 Å². The Morgan fingerprint density at radius 2 is 2.00 bits per heavy atom. The normalized spacial score (nSPS) is 12.8. The van der Waals surface area contributed by atoms with Gasteiger partial charge in [0.15, 0.2) is 0 Å². The van der Waals surface area contributed by atoms with E-state index in [1.54, 1.807) is 0 Å². The molecular weight excluding hydrogens is 202 g/mol. The Morgan fingerprint density at radius 3 is 2.56 bits per heavy atom. The summed E-state index contributed by atoms with van der Waals surface area (Å²) in [6, 6.07) is 5.85. The van der Waals surface area contributed by atoms with Gasteiger partial charge >= 0.3 is 0 Å². The molecule has 0 aliphatic heterocycles. The molecule has 0 amide bonds. The molecule has 4 nitrogen and oxygen atoms in total. The number of aryl methyl sites for hydroxylation is 2. The lowest BCUT2D eigenvalue weighted by Gasteiger charge is -2.00. The average Bonchev–Trinajstić information content (AvgIpc) is 2.71. The van der Waals surface area contributed by atoms with E-state index in [-0.39, 0.29) is 6.04 Å². The standard InChI is InChI=1S/C12H15N3O/c1-7-4-5-10(6-8(7)2)11-14-12(9(3)13)16-15-11/h4-6,9H,13H2,1-3H3/t9-/m0/s1. The molecule has 1 aromatic heterocycles. The maximum absolute atomic E-state index is 5.66. The molecule has 4 heteroatoms. The molecule has 2 N–H and O–H groups in total. The fourth-order valence-electron chi connectivity index (χ4n) is 1.42. The molecule has 0 fully saturated rings. The van der Waals surface area contributed by atoms with Crippen molar-refractivity contribution >= 4 is 0 Å². The molecule has 0 aliphatic carbocycles. The van der Waals surface area contributed by atoms with Crippen LogP contribution in [0.5, 0.6) is 0 Å². The summed E-state index contributed by atoms with van der Waals surface area (Å²) in [5.74, 6) is 1.06. The quantitative estimate of drug-likeness (QED) is 0.838. The van der Waals surface area contributed by atoms with Crippen LogP contribution in [0.2, 0.25) is 0 Å². The van der Waals surface area contributed by atoms with Crippen molar-refractivity contribution in [3.63, 3.8) is 0 Å². The van der Waals surface area contributed by atoms with Crippen LogP contribution in [0.1, 0.15) is 30.0 Å². The number of nitrogens with two attached hydrogens (primary N) is 1. The zero-order valence-corrected chi connectivity index (χ0v) is 9.69. The van der Waals surface area contributed by atoms with Gasteiger partial charge in [0.25, 0.3) is 0 Å². The van der Waals surface area contributed by atoms with E-state index >= 15 is 0 Å². The summed E-state index contributed by atoms with van der Waals surface area (Å²) >= 11 is 0. The van der Waals surface area contributed by atoms with Gasteiger partial charge in [-0.15, -0.1) is 0 Å². The van der Waals surface area contributed by atoms with Crippen LogP contribution in [0.4, 0.5) is 0 Å². The molecule has 0 spiro atoms. The second-order valence-corrected chi connectivity index (χ2v) is 4.04. The Morgan fingerprint density at radius 1 is 1.25 bits per heavy atom. The lowest BCUT2D eigenvalue weighted by atomic mass is 10.1. The maximum Gasteiger partial charge on any atom is 0.243 e. The van der Waals surface area contributed by atoms with Crippen LogP contribution in [-0.2, 0) is 0 Å². The number of aromatic nitrogens is 2. The van der Waals surface area contributed by atoms with E-state index in [0.717, 1.165) is 5.56 Å². The van der Waals surface area contributed by atoms with Gasteiger partial charge in [0.1, 0.15) is 0 Å². The third-order valence-corrected chi connectivity index (χ3v) is 2.60. The molecule has 0 aliphatic rings. The number of rotatable bonds is 2. The first kappa shape index (κ1) is 10.8. The average molecular weight is 217 g/mol. The summed E-state index contributed by atoms with van der Waals surface area (Å²) in [6.45, 7) is 5.95. The minimum absolute atomic E-state index is 0.229. The van der Waals surface area contributed by atoms with Gasteiger partial charge in [-0.25, -0.2) is 0 Å². The second kappa shape index (κ2) is 4.06. The molecule has 1 aromatic carbocycles. The first-order valence-electron chi connectivity index (χ1n) is 5.24. The van der Waals surface area contributed by atoms with Gasteiger partial charge in [-0.1, -0.05) is 17.3 Å². The fraction of sp³-hybridized carbons (Fsp3) is 0.333. The van der Waals surface area contributed by atoms with Crippen molar-refractivity contribution < 1.29 is 4.52 Å². The number of nitrogens with zero attached hydrogens (tertiary/aromatic N) is 2. The van der Waals surface area contributed by atoms with Crippen molar-refractivity contribution in [3.8, 4) is 11.4 Å². The van der Waals surface area contributed by atoms with Gasteiger partial charge in [-0.05, 0) is 38.0 Å². The van der Waals surface area contributed by atoms with Crippen molar-refractivity contribution in [1.29, 1.82) is 0 Å². The molecule has 0 saturated heterocycles. The third kappa shape index (κ3) is 1.97. The van der Waals surface area contributed by atoms with Crippen molar-refractivity contribution in [1.82, 2.24) is 10.1 Å². The van der Waals surface area contributed by atoms with Crippen LogP contribution in [0, 0.1) is 13.8 Å². The Bertz CT molecular complexity index is 503. The predicted octanol–water partition coefficient (Wildman–Crippen LogP) is 2.37. The summed E-state index contributed by atoms with van der Waals surface area (Å²) in [6.07, 6.45) is 0. The van der Waals surface area contributed by atoms with Crippen LogP contribution < -0.4 is 5.73 Å². The van der Waals surface area contributed by atoms with E-state index in [1.807, 2.05) is 25.1 Å². The van der Waals surface area contributed by atoms with E-state index in [0.29, 0.717) is 11.7 Å². The highest BCUT2D eigenvalue weighted by Crippen LogP contribution is 2.20. The van der Waals surface area contributed by atoms with E-state index < -0.39 is 0 Å². The van der Waals surface area contributed by atoms with Crippen LogP contribution in [0.25, 0.3) is 11.4 Å². The monoisotopic (exact) mass is 217 g/mol. The zero-order chi connectivity index (χ0) is 11.7. The molecule has 0 unspecified atom stereocenters. The maximum atomic E-state index is 5.66. The molecule has 0 radical (unpaired) electrons. The van der Waals surface area contributed by atoms with Crippen molar-refractivity contribution in [2.24, 2.45) is 5.73 Å². The Hall–Kier alpha value is -1.68. The van der Waals surface area contributed by atoms with Gasteiger partial charge in [0.2, 0.25) is 11.7 Å². The third-order valence-electron chi connectivity index (χ3n) is 2.60. The summed E-state index contributed by atoms with van der Waals surface area (Å²) < 4.78 is 5.06. The molecule has 84 valence electrons. The highest BCUT2D eigenvalue weighted by atomic mass is 16.5. The second-order valence-electron chi connectivity index (χ2n) is 4.04. The summed E-state index contributed by atoms with van der Waals surface area (Å²) in [5, 5.41) is 3.91. The first-order valence-corrected chi connectivity index (χ1v) is 5.24. The Kier molecular flexibility index (Phi) is 2.75. The van der Waals surface area contributed by atoms with E-state index in [2.05, 4.69) is 24.0 Å². The van der Waals surface area contributed by atoms with Gasteiger partial charge in [0.05, 0.1) is 6.04 Å². The number of hydrogen-bond acceptors (Lipinski definition) is 4. The van der Waals surface area contributed by atoms with Gasteiger partial charge < -0.3 is 10.3 Å². The fourth-order valence-corrected chi connectivity index (χ4v) is 1.42. The minimum Gasteiger partial charge on any atom is -0.337 e. The summed E-state index contributed by atoms with van der Waals surface area (Å²) in [5.41, 5.74) is 9.08. The summed E-state index contributed by atoms with van der Waals surface area (Å²) in [4.78, 5) is 4.25. The van der Waals surface area contributed by atoms with Crippen molar-refractivity contribution in [2.75, 3.05) is 0 Å². The molecule has 1 atom stereocenters. The molecule has 2 aromatic rings. The first-order chi connectivity index (χ1) is 7.58. The van der Waals surface area contributed by atoms with Crippen LogP contribution in [0.15, 0.2) is 22.7 Å². The smallest absolute Gasteiger partial charge is 0.243 e. The topological polar surface area (TPSA) is 64.9 Å². The highest BCUT2D eigenvalue weighted by Gasteiger charge is 2.11. The number of benzene rings is 1. The predicted molar refractivity (Wildman–Crippen MR) is 61.8 cm³/mol. The lowest BCUT2D eigenvalue weighted by molar-refractivity contribution is 0.362. The van der Waals surface area contributed by atoms with Crippen LogP contribution >= 0.6 is 0 Å². The molecular formula is C12H15N3O. The van der Waals surface area contributed by atoms with Crippen molar-refractivity contribution in [2.45, 2.75) is 26.8 Å². The highest BCUT2D eigenvalue weighted by molar-refractivity contribution is 5.56. The Balaban J connectivity index is 2.39. The zero-order valence-electron chi connectivity index (χ0n) is 9.69. The van der Waals surface area contributed by atoms with E-state index in [9.17, 15) is 0 Å². The Labute approximate surface area is 94.5 Å². The largest absolute Gasteiger partial charge is 0.337 e. The molecule has 0 bridgehead atoms.